The van der Waals surface area contributed by atoms with Crippen LogP contribution in [0.4, 0.5) is 5.69 Å². The number of likely N-dealkylation sites (tertiary alicyclic amines) is 1. The van der Waals surface area contributed by atoms with Gasteiger partial charge in [0.25, 0.3) is 0 Å². The highest BCUT2D eigenvalue weighted by Gasteiger charge is 2.59. The van der Waals surface area contributed by atoms with Crippen LogP contribution in [0.2, 0.25) is 0 Å². The minimum Gasteiger partial charge on any atom is -0.324 e. The second kappa shape index (κ2) is 5.30. The first-order valence-corrected chi connectivity index (χ1v) is 8.37. The molecular formula is C19H20N2O3. The molecule has 4 rings (SSSR count). The van der Waals surface area contributed by atoms with Gasteiger partial charge < -0.3 is 5.32 Å². The Morgan fingerprint density at radius 3 is 2.38 bits per heavy atom. The fourth-order valence-corrected chi connectivity index (χ4v) is 4.34. The van der Waals surface area contributed by atoms with Crippen molar-refractivity contribution in [3.63, 3.8) is 0 Å². The lowest BCUT2D eigenvalue weighted by Gasteiger charge is -2.17. The number of rotatable bonds is 3. The number of carbonyl (C=O) groups is 3. The molecule has 5 heteroatoms. The van der Waals surface area contributed by atoms with E-state index in [1.807, 2.05) is 32.0 Å². The third-order valence-electron chi connectivity index (χ3n) is 5.74. The number of aryl methyl sites for hydroxylation is 1. The van der Waals surface area contributed by atoms with Gasteiger partial charge in [-0.2, -0.15) is 0 Å². The Bertz CT molecular complexity index is 753. The third kappa shape index (κ3) is 2.11. The maximum atomic E-state index is 12.6. The van der Waals surface area contributed by atoms with Crippen LogP contribution in [0, 0.1) is 37.5 Å². The minimum absolute atomic E-state index is 0.170. The van der Waals surface area contributed by atoms with Crippen LogP contribution in [0.15, 0.2) is 30.4 Å². The first-order valence-electron chi connectivity index (χ1n) is 8.37. The van der Waals surface area contributed by atoms with Gasteiger partial charge in [-0.1, -0.05) is 24.3 Å². The predicted molar refractivity (Wildman–Crippen MR) is 89.0 cm³/mol. The van der Waals surface area contributed by atoms with Gasteiger partial charge in [0.05, 0.1) is 11.8 Å². The quantitative estimate of drug-likeness (QED) is 0.683. The highest BCUT2D eigenvalue weighted by molar-refractivity contribution is 6.09. The molecule has 3 amide bonds. The number of nitrogens with one attached hydrogen (secondary N) is 1. The van der Waals surface area contributed by atoms with E-state index in [1.165, 1.54) is 0 Å². The van der Waals surface area contributed by atoms with Crippen LogP contribution in [0.25, 0.3) is 0 Å². The number of anilines is 1. The van der Waals surface area contributed by atoms with E-state index in [4.69, 9.17) is 0 Å². The summed E-state index contributed by atoms with van der Waals surface area (Å²) in [4.78, 5) is 38.7. The van der Waals surface area contributed by atoms with Crippen LogP contribution < -0.4 is 5.32 Å². The van der Waals surface area contributed by atoms with Crippen molar-refractivity contribution in [1.82, 2.24) is 4.90 Å². The molecule has 4 atom stereocenters. The molecule has 1 aromatic carbocycles. The lowest BCUT2D eigenvalue weighted by Crippen LogP contribution is -2.39. The summed E-state index contributed by atoms with van der Waals surface area (Å²) in [6.45, 7) is 3.71. The smallest absolute Gasteiger partial charge is 0.244 e. The van der Waals surface area contributed by atoms with Crippen LogP contribution in [0.1, 0.15) is 17.5 Å². The van der Waals surface area contributed by atoms with Crippen molar-refractivity contribution >= 4 is 23.4 Å². The van der Waals surface area contributed by atoms with E-state index < -0.39 is 0 Å². The molecule has 0 radical (unpaired) electrons. The fraction of sp³-hybridized carbons (Fsp3) is 0.421. The molecule has 0 spiro atoms. The van der Waals surface area contributed by atoms with Gasteiger partial charge in [0, 0.05) is 5.69 Å². The predicted octanol–water partition coefficient (Wildman–Crippen LogP) is 2.05. The van der Waals surface area contributed by atoms with E-state index in [0.29, 0.717) is 0 Å². The largest absolute Gasteiger partial charge is 0.324 e. The van der Waals surface area contributed by atoms with Crippen LogP contribution >= 0.6 is 0 Å². The summed E-state index contributed by atoms with van der Waals surface area (Å²) >= 11 is 0. The SMILES string of the molecule is Cc1cccc(NC(=O)CN2C(=O)[C@@H]3[C@H](C2=O)[C@@H]2C=C[C@H]3C2)c1C. The van der Waals surface area contributed by atoms with E-state index in [-0.39, 0.29) is 47.9 Å². The zero-order valence-corrected chi connectivity index (χ0v) is 13.8. The van der Waals surface area contributed by atoms with E-state index in [0.717, 1.165) is 28.1 Å². The summed E-state index contributed by atoms with van der Waals surface area (Å²) < 4.78 is 0. The standard InChI is InChI=1S/C19H20N2O3/c1-10-4-3-5-14(11(10)2)20-15(22)9-21-18(23)16-12-6-7-13(8-12)17(16)19(21)24/h3-7,12-13,16-17H,8-9H2,1-2H3,(H,20,22)/t12-,13+,16-,17+. The first-order chi connectivity index (χ1) is 11.5. The Balaban J connectivity index is 1.48. The van der Waals surface area contributed by atoms with Crippen molar-refractivity contribution in [3.05, 3.63) is 41.5 Å². The minimum atomic E-state index is -0.328. The molecule has 3 aliphatic rings. The molecular weight excluding hydrogens is 304 g/mol. The maximum absolute atomic E-state index is 12.6. The number of hydrogen-bond acceptors (Lipinski definition) is 3. The molecule has 1 saturated carbocycles. The summed E-state index contributed by atoms with van der Waals surface area (Å²) in [6, 6.07) is 5.67. The number of nitrogens with zero attached hydrogens (tertiary/aromatic N) is 1. The van der Waals surface area contributed by atoms with Gasteiger partial charge in [-0.25, -0.2) is 0 Å². The highest BCUT2D eigenvalue weighted by atomic mass is 16.2. The van der Waals surface area contributed by atoms with Crippen molar-refractivity contribution in [2.24, 2.45) is 23.7 Å². The van der Waals surface area contributed by atoms with Crippen molar-refractivity contribution in [3.8, 4) is 0 Å². The van der Waals surface area contributed by atoms with Gasteiger partial charge in [0.1, 0.15) is 6.54 Å². The molecule has 1 aliphatic heterocycles. The monoisotopic (exact) mass is 324 g/mol. The number of carbonyl (C=O) groups excluding carboxylic acids is 3. The summed E-state index contributed by atoms with van der Waals surface area (Å²) in [5.74, 6) is -0.851. The van der Waals surface area contributed by atoms with Gasteiger partial charge in [-0.05, 0) is 49.3 Å². The van der Waals surface area contributed by atoms with E-state index >= 15 is 0 Å². The molecule has 1 aromatic rings. The molecule has 124 valence electrons. The van der Waals surface area contributed by atoms with E-state index in [1.54, 1.807) is 0 Å². The molecule has 0 aromatic heterocycles. The average Bonchev–Trinajstić information content (AvgIpc) is 3.22. The van der Waals surface area contributed by atoms with Crippen molar-refractivity contribution < 1.29 is 14.4 Å². The van der Waals surface area contributed by atoms with Gasteiger partial charge in [0.2, 0.25) is 17.7 Å². The Kier molecular flexibility index (Phi) is 3.34. The van der Waals surface area contributed by atoms with Gasteiger partial charge in [-0.15, -0.1) is 0 Å². The van der Waals surface area contributed by atoms with Crippen LogP contribution in [0.5, 0.6) is 0 Å². The van der Waals surface area contributed by atoms with Crippen molar-refractivity contribution in [1.29, 1.82) is 0 Å². The third-order valence-corrected chi connectivity index (χ3v) is 5.74. The molecule has 2 bridgehead atoms. The zero-order valence-electron chi connectivity index (χ0n) is 13.8. The summed E-state index contributed by atoms with van der Waals surface area (Å²) in [5, 5.41) is 2.82. The first kappa shape index (κ1) is 15.1. The summed E-state index contributed by atoms with van der Waals surface area (Å²) in [6.07, 6.45) is 5.00. The van der Waals surface area contributed by atoms with Crippen LogP contribution in [-0.2, 0) is 14.4 Å². The molecule has 2 aliphatic carbocycles. The topological polar surface area (TPSA) is 66.5 Å². The fourth-order valence-electron chi connectivity index (χ4n) is 4.34. The molecule has 1 N–H and O–H groups in total. The summed E-state index contributed by atoms with van der Waals surface area (Å²) in [5.41, 5.74) is 2.79. The van der Waals surface area contributed by atoms with E-state index in [9.17, 15) is 14.4 Å². The molecule has 24 heavy (non-hydrogen) atoms. The summed E-state index contributed by atoms with van der Waals surface area (Å²) in [7, 11) is 0. The number of amides is 3. The number of imide groups is 1. The lowest BCUT2D eigenvalue weighted by atomic mass is 9.85. The number of benzene rings is 1. The Morgan fingerprint density at radius 1 is 1.12 bits per heavy atom. The Labute approximate surface area is 140 Å². The van der Waals surface area contributed by atoms with Crippen molar-refractivity contribution in [2.75, 3.05) is 11.9 Å². The van der Waals surface area contributed by atoms with Crippen LogP contribution in [-0.4, -0.2) is 29.2 Å². The number of fused-ring (bicyclic) bond motifs is 5. The normalized spacial score (nSPS) is 30.2. The molecule has 0 unspecified atom stereocenters. The van der Waals surface area contributed by atoms with E-state index in [2.05, 4.69) is 17.5 Å². The second-order valence-electron chi connectivity index (χ2n) is 7.06. The number of allylic oxidation sites excluding steroid dienone is 2. The van der Waals surface area contributed by atoms with Crippen LogP contribution in [0.3, 0.4) is 0 Å². The van der Waals surface area contributed by atoms with Crippen molar-refractivity contribution in [2.45, 2.75) is 20.3 Å². The molecule has 1 heterocycles. The number of hydrogen-bond donors (Lipinski definition) is 1. The molecule has 2 fully saturated rings. The zero-order chi connectivity index (χ0) is 17.0. The molecule has 5 nitrogen and oxygen atoms in total. The Morgan fingerprint density at radius 2 is 1.75 bits per heavy atom. The highest BCUT2D eigenvalue weighted by Crippen LogP contribution is 2.52. The maximum Gasteiger partial charge on any atom is 0.244 e. The second-order valence-corrected chi connectivity index (χ2v) is 7.06. The van der Waals surface area contributed by atoms with Gasteiger partial charge in [0.15, 0.2) is 0 Å². The van der Waals surface area contributed by atoms with Gasteiger partial charge in [-0.3, -0.25) is 19.3 Å². The average molecular weight is 324 g/mol. The molecule has 1 saturated heterocycles. The van der Waals surface area contributed by atoms with Gasteiger partial charge >= 0.3 is 0 Å². The Hall–Kier alpha value is -2.43. The lowest BCUT2D eigenvalue weighted by molar-refractivity contribution is -0.143.